The summed E-state index contributed by atoms with van der Waals surface area (Å²) in [6.45, 7) is 2.18. The predicted molar refractivity (Wildman–Crippen MR) is 120 cm³/mol. The Balaban J connectivity index is 0.00000364. The molecule has 0 spiro atoms. The van der Waals surface area contributed by atoms with Gasteiger partial charge in [-0.1, -0.05) is 24.6 Å². The van der Waals surface area contributed by atoms with Gasteiger partial charge in [0.05, 0.1) is 12.4 Å². The van der Waals surface area contributed by atoms with E-state index in [4.69, 9.17) is 4.74 Å². The molecule has 1 aliphatic rings. The zero-order chi connectivity index (χ0) is 18.7. The topological polar surface area (TPSA) is 91.8 Å². The van der Waals surface area contributed by atoms with Gasteiger partial charge in [0.25, 0.3) is 0 Å². The van der Waals surface area contributed by atoms with Crippen LogP contribution in [0.2, 0.25) is 0 Å². The molecule has 27 heavy (non-hydrogen) atoms. The SMILES string of the molecule is CN=C(NCCCOc1ccccc1)NCCS(=O)(=O)NCC1CCC1.I. The van der Waals surface area contributed by atoms with E-state index in [1.54, 1.807) is 7.05 Å². The maximum atomic E-state index is 12.0. The summed E-state index contributed by atoms with van der Waals surface area (Å²) in [4.78, 5) is 4.10. The van der Waals surface area contributed by atoms with E-state index in [-0.39, 0.29) is 29.7 Å². The molecule has 0 bridgehead atoms. The van der Waals surface area contributed by atoms with Crippen molar-refractivity contribution in [2.75, 3.05) is 39.0 Å². The zero-order valence-corrected chi connectivity index (χ0v) is 19.0. The average molecular weight is 510 g/mol. The first kappa shape index (κ1) is 24.0. The number of nitrogens with one attached hydrogen (secondary N) is 3. The van der Waals surface area contributed by atoms with Crippen molar-refractivity contribution < 1.29 is 13.2 Å². The second-order valence-corrected chi connectivity index (χ2v) is 8.33. The van der Waals surface area contributed by atoms with Gasteiger partial charge in [0.2, 0.25) is 10.0 Å². The third kappa shape index (κ3) is 10.2. The summed E-state index contributed by atoms with van der Waals surface area (Å²) < 4.78 is 32.2. The highest BCUT2D eigenvalue weighted by Crippen LogP contribution is 2.25. The number of sulfonamides is 1. The van der Waals surface area contributed by atoms with Crippen molar-refractivity contribution in [3.8, 4) is 5.75 Å². The van der Waals surface area contributed by atoms with E-state index in [1.807, 2.05) is 30.3 Å². The molecule has 0 saturated heterocycles. The molecule has 0 atom stereocenters. The van der Waals surface area contributed by atoms with Gasteiger partial charge in [-0.25, -0.2) is 13.1 Å². The van der Waals surface area contributed by atoms with Crippen LogP contribution in [0.25, 0.3) is 0 Å². The molecule has 1 aliphatic carbocycles. The van der Waals surface area contributed by atoms with Gasteiger partial charge in [0.1, 0.15) is 5.75 Å². The highest BCUT2D eigenvalue weighted by atomic mass is 127. The predicted octanol–water partition coefficient (Wildman–Crippen LogP) is 1.96. The van der Waals surface area contributed by atoms with Crippen LogP contribution in [0.5, 0.6) is 5.75 Å². The number of benzene rings is 1. The normalized spacial score (nSPS) is 14.8. The maximum absolute atomic E-state index is 12.0. The largest absolute Gasteiger partial charge is 0.494 e. The fraction of sp³-hybridized carbons (Fsp3) is 0.611. The Hall–Kier alpha value is -1.07. The van der Waals surface area contributed by atoms with E-state index < -0.39 is 10.0 Å². The standard InChI is InChI=1S/C18H30N4O3S.HI/c1-19-18(20-11-6-13-25-17-9-3-2-4-10-17)21-12-14-26(23,24)22-15-16-7-5-8-16;/h2-4,9-10,16,22H,5-8,11-15H2,1H3,(H2,19,20,21);1H. The fourth-order valence-corrected chi connectivity index (χ4v) is 3.53. The van der Waals surface area contributed by atoms with Crippen molar-refractivity contribution in [2.24, 2.45) is 10.9 Å². The van der Waals surface area contributed by atoms with Crippen LogP contribution >= 0.6 is 24.0 Å². The lowest BCUT2D eigenvalue weighted by Gasteiger charge is -2.25. The first-order valence-electron chi connectivity index (χ1n) is 9.19. The molecule has 0 heterocycles. The smallest absolute Gasteiger partial charge is 0.213 e. The van der Waals surface area contributed by atoms with Crippen LogP contribution in [0.1, 0.15) is 25.7 Å². The van der Waals surface area contributed by atoms with Crippen molar-refractivity contribution in [3.05, 3.63) is 30.3 Å². The molecule has 7 nitrogen and oxygen atoms in total. The summed E-state index contributed by atoms with van der Waals surface area (Å²) in [6, 6.07) is 9.68. The van der Waals surface area contributed by atoms with Crippen molar-refractivity contribution in [1.29, 1.82) is 0 Å². The Morgan fingerprint density at radius 3 is 2.52 bits per heavy atom. The van der Waals surface area contributed by atoms with Gasteiger partial charge in [0.15, 0.2) is 5.96 Å². The van der Waals surface area contributed by atoms with Gasteiger partial charge in [-0.3, -0.25) is 4.99 Å². The van der Waals surface area contributed by atoms with Gasteiger partial charge in [-0.15, -0.1) is 24.0 Å². The average Bonchev–Trinajstić information content (AvgIpc) is 2.59. The molecule has 1 aromatic rings. The van der Waals surface area contributed by atoms with E-state index in [0.717, 1.165) is 25.0 Å². The molecule has 1 saturated carbocycles. The Bertz CT molecular complexity index is 652. The molecule has 1 aromatic carbocycles. The molecule has 3 N–H and O–H groups in total. The highest BCUT2D eigenvalue weighted by molar-refractivity contribution is 14.0. The van der Waals surface area contributed by atoms with E-state index in [9.17, 15) is 8.42 Å². The van der Waals surface area contributed by atoms with Gasteiger partial charge in [0, 0.05) is 26.7 Å². The summed E-state index contributed by atoms with van der Waals surface area (Å²) in [5.74, 6) is 2.01. The van der Waals surface area contributed by atoms with E-state index in [0.29, 0.717) is 38.1 Å². The minimum atomic E-state index is -3.23. The van der Waals surface area contributed by atoms with Gasteiger partial charge < -0.3 is 15.4 Å². The number of aliphatic imine (C=N–C) groups is 1. The Morgan fingerprint density at radius 2 is 1.89 bits per heavy atom. The maximum Gasteiger partial charge on any atom is 0.213 e. The lowest BCUT2D eigenvalue weighted by atomic mass is 9.86. The first-order chi connectivity index (χ1) is 12.6. The fourth-order valence-electron chi connectivity index (χ4n) is 2.52. The Morgan fingerprint density at radius 1 is 1.19 bits per heavy atom. The summed E-state index contributed by atoms with van der Waals surface area (Å²) >= 11 is 0. The highest BCUT2D eigenvalue weighted by Gasteiger charge is 2.19. The second-order valence-electron chi connectivity index (χ2n) is 6.41. The monoisotopic (exact) mass is 510 g/mol. The van der Waals surface area contributed by atoms with Crippen LogP contribution in [0, 0.1) is 5.92 Å². The minimum Gasteiger partial charge on any atom is -0.494 e. The molecule has 0 radical (unpaired) electrons. The molecular weight excluding hydrogens is 479 g/mol. The molecule has 0 aliphatic heterocycles. The van der Waals surface area contributed by atoms with Crippen LogP contribution in [-0.2, 0) is 10.0 Å². The Kier molecular flexibility index (Phi) is 11.7. The minimum absolute atomic E-state index is 0. The number of guanidine groups is 1. The van der Waals surface area contributed by atoms with Crippen LogP contribution < -0.4 is 20.1 Å². The second kappa shape index (κ2) is 13.2. The van der Waals surface area contributed by atoms with Gasteiger partial charge in [-0.2, -0.15) is 0 Å². The molecule has 0 unspecified atom stereocenters. The summed E-state index contributed by atoms with van der Waals surface area (Å²) in [5, 5.41) is 6.18. The van der Waals surface area contributed by atoms with Gasteiger partial charge >= 0.3 is 0 Å². The van der Waals surface area contributed by atoms with Crippen LogP contribution in [0.3, 0.4) is 0 Å². The van der Waals surface area contributed by atoms with Crippen molar-refractivity contribution >= 4 is 40.0 Å². The number of para-hydroxylation sites is 1. The summed E-state index contributed by atoms with van der Waals surface area (Å²) in [5.41, 5.74) is 0. The van der Waals surface area contributed by atoms with Gasteiger partial charge in [-0.05, 0) is 37.3 Å². The molecule has 2 rings (SSSR count). The van der Waals surface area contributed by atoms with Crippen LogP contribution in [0.15, 0.2) is 35.3 Å². The van der Waals surface area contributed by atoms with E-state index >= 15 is 0 Å². The lowest BCUT2D eigenvalue weighted by Crippen LogP contribution is -2.42. The molecular formula is C18H31IN4O3S. The third-order valence-corrected chi connectivity index (χ3v) is 5.68. The lowest BCUT2D eigenvalue weighted by molar-refractivity contribution is 0.311. The number of hydrogen-bond acceptors (Lipinski definition) is 4. The Labute approximate surface area is 179 Å². The van der Waals surface area contributed by atoms with Crippen molar-refractivity contribution in [3.63, 3.8) is 0 Å². The van der Waals surface area contributed by atoms with E-state index in [1.165, 1.54) is 6.42 Å². The number of nitrogens with zero attached hydrogens (tertiary/aromatic N) is 1. The summed E-state index contributed by atoms with van der Waals surface area (Å²) in [6.07, 6.45) is 4.29. The number of hydrogen-bond donors (Lipinski definition) is 3. The van der Waals surface area contributed by atoms with Crippen LogP contribution in [0.4, 0.5) is 0 Å². The molecule has 1 fully saturated rings. The number of ether oxygens (including phenoxy) is 1. The molecule has 154 valence electrons. The molecule has 9 heteroatoms. The van der Waals surface area contributed by atoms with Crippen molar-refractivity contribution in [2.45, 2.75) is 25.7 Å². The molecule has 0 aromatic heterocycles. The summed E-state index contributed by atoms with van der Waals surface area (Å²) in [7, 11) is -1.57. The van der Waals surface area contributed by atoms with E-state index in [2.05, 4.69) is 20.3 Å². The van der Waals surface area contributed by atoms with Crippen molar-refractivity contribution in [1.82, 2.24) is 15.4 Å². The first-order valence-corrected chi connectivity index (χ1v) is 10.8. The zero-order valence-electron chi connectivity index (χ0n) is 15.8. The number of rotatable bonds is 11. The van der Waals surface area contributed by atoms with Crippen LogP contribution in [-0.4, -0.2) is 53.4 Å². The quantitative estimate of drug-likeness (QED) is 0.183. The molecule has 0 amide bonds. The number of halogens is 1. The third-order valence-electron chi connectivity index (χ3n) is 4.33.